The van der Waals surface area contributed by atoms with E-state index in [0.717, 1.165) is 37.1 Å². The summed E-state index contributed by atoms with van der Waals surface area (Å²) in [7, 11) is 0. The number of nitrogen functional groups attached to an aromatic ring is 1. The Kier molecular flexibility index (Phi) is 7.74. The molecule has 1 atom stereocenters. The topological polar surface area (TPSA) is 121 Å². The van der Waals surface area contributed by atoms with Crippen molar-refractivity contribution in [3.63, 3.8) is 0 Å². The summed E-state index contributed by atoms with van der Waals surface area (Å²) in [6.45, 7) is -0.691. The fourth-order valence-electron chi connectivity index (χ4n) is 4.44. The van der Waals surface area contributed by atoms with Crippen LogP contribution < -0.4 is 11.1 Å². The van der Waals surface area contributed by atoms with Crippen LogP contribution in [0.15, 0.2) is 48.7 Å². The molecule has 37 heavy (non-hydrogen) atoms. The second-order valence-electron chi connectivity index (χ2n) is 9.06. The van der Waals surface area contributed by atoms with Crippen molar-refractivity contribution in [1.29, 1.82) is 0 Å². The van der Waals surface area contributed by atoms with E-state index < -0.39 is 36.1 Å². The zero-order valence-corrected chi connectivity index (χ0v) is 19.7. The van der Waals surface area contributed by atoms with Gasteiger partial charge in [0.1, 0.15) is 17.3 Å². The first-order valence-corrected chi connectivity index (χ1v) is 11.8. The van der Waals surface area contributed by atoms with Gasteiger partial charge in [-0.05, 0) is 55.5 Å². The maximum atomic E-state index is 15.0. The van der Waals surface area contributed by atoms with Crippen LogP contribution in [0.5, 0.6) is 0 Å². The number of amides is 1. The maximum absolute atomic E-state index is 15.0. The molecule has 0 spiro atoms. The van der Waals surface area contributed by atoms with Gasteiger partial charge in [-0.2, -0.15) is 13.2 Å². The van der Waals surface area contributed by atoms with Gasteiger partial charge in [0.25, 0.3) is 5.91 Å². The van der Waals surface area contributed by atoms with Crippen molar-refractivity contribution in [2.24, 2.45) is 0 Å². The average molecular weight is 519 g/mol. The monoisotopic (exact) mass is 518 g/mol. The molecule has 0 aliphatic heterocycles. The van der Waals surface area contributed by atoms with Crippen molar-refractivity contribution in [3.8, 4) is 11.3 Å². The molecule has 7 nitrogen and oxygen atoms in total. The summed E-state index contributed by atoms with van der Waals surface area (Å²) in [4.78, 5) is 21.5. The lowest BCUT2D eigenvalue weighted by atomic mass is 9.85. The minimum absolute atomic E-state index is 0.0257. The SMILES string of the molecule is Nc1ncc([C@H]2CC[C@H](O)CC2)nc1-c1ccc(C(=O)N[C@H](CO)c2cccc(C(F)(F)F)c2)c(F)c1. The summed E-state index contributed by atoms with van der Waals surface area (Å²) in [5, 5.41) is 21.8. The second kappa shape index (κ2) is 10.8. The molecule has 1 fully saturated rings. The van der Waals surface area contributed by atoms with Crippen LogP contribution in [0.3, 0.4) is 0 Å². The smallest absolute Gasteiger partial charge is 0.394 e. The molecule has 5 N–H and O–H groups in total. The largest absolute Gasteiger partial charge is 0.416 e. The fourth-order valence-corrected chi connectivity index (χ4v) is 4.44. The molecule has 1 aliphatic rings. The highest BCUT2D eigenvalue weighted by molar-refractivity contribution is 5.95. The number of aromatic nitrogens is 2. The third-order valence-electron chi connectivity index (χ3n) is 6.53. The Morgan fingerprint density at radius 2 is 1.86 bits per heavy atom. The number of carbonyl (C=O) groups excluding carboxylic acids is 1. The van der Waals surface area contributed by atoms with Crippen LogP contribution in [-0.4, -0.2) is 38.8 Å². The number of hydrogen-bond donors (Lipinski definition) is 4. The first kappa shape index (κ1) is 26.5. The molecule has 1 saturated carbocycles. The Balaban J connectivity index is 1.54. The summed E-state index contributed by atoms with van der Waals surface area (Å²) in [5.74, 6) is -1.63. The van der Waals surface area contributed by atoms with Gasteiger partial charge in [-0.15, -0.1) is 0 Å². The number of carbonyl (C=O) groups is 1. The number of nitrogens with one attached hydrogen (secondary N) is 1. The molecule has 0 radical (unpaired) electrons. The van der Waals surface area contributed by atoms with Crippen molar-refractivity contribution in [1.82, 2.24) is 15.3 Å². The minimum Gasteiger partial charge on any atom is -0.394 e. The van der Waals surface area contributed by atoms with Crippen molar-refractivity contribution in [2.75, 3.05) is 12.3 Å². The fraction of sp³-hybridized carbons (Fsp3) is 0.346. The third-order valence-corrected chi connectivity index (χ3v) is 6.53. The van der Waals surface area contributed by atoms with Crippen LogP contribution in [0.4, 0.5) is 23.4 Å². The number of aliphatic hydroxyl groups is 2. The van der Waals surface area contributed by atoms with Crippen molar-refractivity contribution in [3.05, 3.63) is 76.9 Å². The third kappa shape index (κ3) is 6.05. The highest BCUT2D eigenvalue weighted by Crippen LogP contribution is 2.34. The molecule has 196 valence electrons. The van der Waals surface area contributed by atoms with E-state index in [1.54, 1.807) is 6.20 Å². The summed E-state index contributed by atoms with van der Waals surface area (Å²) >= 11 is 0. The standard InChI is InChI=1S/C26H26F4N4O3/c27-20-11-16(23-24(31)32-12-21(33-23)14-4-7-18(36)8-5-14)6-9-19(20)25(37)34-22(13-35)15-2-1-3-17(10-15)26(28,29)30/h1-3,6,9-12,14,18,22,35-36H,4-5,7-8,13H2,(H2,31,32)(H,34,37)/t14-,18-,22-/m1/s1. The van der Waals surface area contributed by atoms with Crippen molar-refractivity contribution >= 4 is 11.7 Å². The maximum Gasteiger partial charge on any atom is 0.416 e. The lowest BCUT2D eigenvalue weighted by Gasteiger charge is -2.25. The number of nitrogens with zero attached hydrogens (tertiary/aromatic N) is 2. The van der Waals surface area contributed by atoms with E-state index in [1.807, 2.05) is 0 Å². The number of nitrogens with two attached hydrogens (primary N) is 1. The Hall–Kier alpha value is -3.57. The number of aliphatic hydroxyl groups excluding tert-OH is 2. The lowest BCUT2D eigenvalue weighted by molar-refractivity contribution is -0.137. The highest BCUT2D eigenvalue weighted by Gasteiger charge is 2.31. The molecule has 0 bridgehead atoms. The number of benzene rings is 2. The number of alkyl halides is 3. The van der Waals surface area contributed by atoms with Crippen LogP contribution in [-0.2, 0) is 6.18 Å². The van der Waals surface area contributed by atoms with E-state index in [4.69, 9.17) is 5.73 Å². The number of halogens is 4. The van der Waals surface area contributed by atoms with E-state index >= 15 is 4.39 Å². The van der Waals surface area contributed by atoms with Gasteiger partial charge in [-0.25, -0.2) is 14.4 Å². The number of anilines is 1. The first-order chi connectivity index (χ1) is 17.6. The zero-order chi connectivity index (χ0) is 26.7. The normalized spacial score (nSPS) is 18.9. The molecule has 11 heteroatoms. The molecule has 2 aromatic carbocycles. The Morgan fingerprint density at radius 1 is 1.14 bits per heavy atom. The predicted molar refractivity (Wildman–Crippen MR) is 128 cm³/mol. The molecule has 1 amide bonds. The van der Waals surface area contributed by atoms with Crippen molar-refractivity contribution in [2.45, 2.75) is 49.9 Å². The minimum atomic E-state index is -4.59. The molecule has 0 saturated heterocycles. The summed E-state index contributed by atoms with van der Waals surface area (Å²) in [6.07, 6.45) is -0.566. The van der Waals surface area contributed by atoms with E-state index in [1.165, 1.54) is 18.2 Å². The number of rotatable bonds is 6. The van der Waals surface area contributed by atoms with E-state index in [0.29, 0.717) is 24.1 Å². The average Bonchev–Trinajstić information content (AvgIpc) is 2.87. The first-order valence-electron chi connectivity index (χ1n) is 11.8. The quantitative estimate of drug-likeness (QED) is 0.360. The van der Waals surface area contributed by atoms with Gasteiger partial charge in [-0.1, -0.05) is 18.2 Å². The van der Waals surface area contributed by atoms with Crippen LogP contribution in [0.2, 0.25) is 0 Å². The Bertz CT molecular complexity index is 1280. The molecular weight excluding hydrogens is 492 g/mol. The molecule has 3 aromatic rings. The second-order valence-corrected chi connectivity index (χ2v) is 9.06. The summed E-state index contributed by atoms with van der Waals surface area (Å²) in [6, 6.07) is 6.76. The molecule has 1 heterocycles. The van der Waals surface area contributed by atoms with Gasteiger partial charge in [0, 0.05) is 11.5 Å². The van der Waals surface area contributed by atoms with E-state index in [-0.39, 0.29) is 34.7 Å². The molecular formula is C26H26F4N4O3. The predicted octanol–water partition coefficient (Wildman–Crippen LogP) is 4.37. The summed E-state index contributed by atoms with van der Waals surface area (Å²) in [5.41, 5.74) is 5.96. The van der Waals surface area contributed by atoms with Crippen LogP contribution in [0.25, 0.3) is 11.3 Å². The van der Waals surface area contributed by atoms with Gasteiger partial charge < -0.3 is 21.3 Å². The van der Waals surface area contributed by atoms with Gasteiger partial charge in [0.15, 0.2) is 0 Å². The zero-order valence-electron chi connectivity index (χ0n) is 19.7. The van der Waals surface area contributed by atoms with Gasteiger partial charge in [0.2, 0.25) is 0 Å². The Morgan fingerprint density at radius 3 is 2.51 bits per heavy atom. The van der Waals surface area contributed by atoms with Crippen LogP contribution in [0, 0.1) is 5.82 Å². The van der Waals surface area contributed by atoms with Crippen LogP contribution >= 0.6 is 0 Å². The Labute approximate surface area is 210 Å². The molecule has 4 rings (SSSR count). The van der Waals surface area contributed by atoms with Crippen LogP contribution in [0.1, 0.15) is 64.8 Å². The summed E-state index contributed by atoms with van der Waals surface area (Å²) < 4.78 is 54.1. The van der Waals surface area contributed by atoms with E-state index in [2.05, 4.69) is 15.3 Å². The van der Waals surface area contributed by atoms with Gasteiger partial charge in [-0.3, -0.25) is 4.79 Å². The van der Waals surface area contributed by atoms with Gasteiger partial charge >= 0.3 is 6.18 Å². The lowest BCUT2D eigenvalue weighted by Crippen LogP contribution is -2.31. The van der Waals surface area contributed by atoms with E-state index in [9.17, 15) is 28.2 Å². The number of hydrogen-bond acceptors (Lipinski definition) is 6. The molecule has 1 aromatic heterocycles. The van der Waals surface area contributed by atoms with Gasteiger partial charge in [0.05, 0.1) is 41.8 Å². The molecule has 0 unspecified atom stereocenters. The van der Waals surface area contributed by atoms with Crippen molar-refractivity contribution < 1.29 is 32.6 Å². The highest BCUT2D eigenvalue weighted by atomic mass is 19.4. The molecule has 1 aliphatic carbocycles.